The van der Waals surface area contributed by atoms with E-state index in [9.17, 15) is 15.2 Å². The Kier molecular flexibility index (Phi) is 5.52. The first-order chi connectivity index (χ1) is 16.8. The van der Waals surface area contributed by atoms with Crippen LogP contribution in [0.25, 0.3) is 22.0 Å². The first-order valence-corrected chi connectivity index (χ1v) is 11.3. The number of aliphatic hydroxyl groups is 1. The Morgan fingerprint density at radius 1 is 1.00 bits per heavy atom. The molecule has 0 amide bonds. The maximum Gasteiger partial charge on any atom is 0.251 e. The summed E-state index contributed by atoms with van der Waals surface area (Å²) in [5.74, 6) is 0. The van der Waals surface area contributed by atoms with Crippen LogP contribution in [0.4, 0.5) is 0 Å². The van der Waals surface area contributed by atoms with Gasteiger partial charge in [0.15, 0.2) is 5.60 Å². The lowest BCUT2D eigenvalue weighted by molar-refractivity contribution is 0.117. The molecule has 0 aliphatic rings. The third-order valence-corrected chi connectivity index (χ3v) is 6.65. The second-order valence-corrected chi connectivity index (χ2v) is 8.92. The van der Waals surface area contributed by atoms with E-state index < -0.39 is 5.60 Å². The maximum atomic E-state index is 12.7. The van der Waals surface area contributed by atoms with Crippen molar-refractivity contribution < 1.29 is 5.11 Å². The van der Waals surface area contributed by atoms with Gasteiger partial charge < -0.3 is 14.2 Å². The van der Waals surface area contributed by atoms with Crippen molar-refractivity contribution in [1.29, 1.82) is 5.26 Å². The molecule has 0 aliphatic heterocycles. The van der Waals surface area contributed by atoms with E-state index in [1.807, 2.05) is 43.4 Å². The molecule has 1 unspecified atom stereocenters. The number of imidazole rings is 1. The van der Waals surface area contributed by atoms with Crippen LogP contribution in [0.3, 0.4) is 0 Å². The van der Waals surface area contributed by atoms with E-state index in [0.717, 1.165) is 22.0 Å². The monoisotopic (exact) mass is 480 g/mol. The van der Waals surface area contributed by atoms with Crippen molar-refractivity contribution >= 4 is 22.5 Å². The summed E-state index contributed by atoms with van der Waals surface area (Å²) < 4.78 is 3.35. The first kappa shape index (κ1) is 22.6. The van der Waals surface area contributed by atoms with Crippen molar-refractivity contribution in [2.75, 3.05) is 0 Å². The minimum Gasteiger partial charge on any atom is -0.374 e. The normalized spacial score (nSPS) is 12.9. The predicted octanol–water partition coefficient (Wildman–Crippen LogP) is 4.75. The van der Waals surface area contributed by atoms with E-state index in [1.165, 1.54) is 0 Å². The van der Waals surface area contributed by atoms with Gasteiger partial charge in [0.1, 0.15) is 0 Å². The molecule has 2 aromatic heterocycles. The molecule has 2 heterocycles. The summed E-state index contributed by atoms with van der Waals surface area (Å²) in [5, 5.41) is 22.9. The molecule has 1 N–H and O–H groups in total. The lowest BCUT2D eigenvalue weighted by Crippen LogP contribution is -2.31. The lowest BCUT2D eigenvalue weighted by Gasteiger charge is -2.30. The predicted molar refractivity (Wildman–Crippen MR) is 136 cm³/mol. The number of halogens is 1. The Morgan fingerprint density at radius 2 is 1.74 bits per heavy atom. The summed E-state index contributed by atoms with van der Waals surface area (Å²) in [5.41, 5.74) is 2.80. The third kappa shape index (κ3) is 3.71. The summed E-state index contributed by atoms with van der Waals surface area (Å²) in [6, 6.07) is 23.4. The smallest absolute Gasteiger partial charge is 0.251 e. The zero-order valence-corrected chi connectivity index (χ0v) is 19.9. The maximum absolute atomic E-state index is 12.7. The van der Waals surface area contributed by atoms with Gasteiger partial charge in [-0.05, 0) is 58.7 Å². The Balaban J connectivity index is 1.83. The van der Waals surface area contributed by atoms with Crippen molar-refractivity contribution in [1.82, 2.24) is 14.1 Å². The number of aromatic nitrogens is 3. The Hall–Kier alpha value is -4.18. The van der Waals surface area contributed by atoms with Crippen LogP contribution in [0.15, 0.2) is 90.1 Å². The average molecular weight is 481 g/mol. The van der Waals surface area contributed by atoms with Crippen molar-refractivity contribution in [3.63, 3.8) is 0 Å². The molecular formula is C28H21ClN4O2. The Labute approximate surface area is 206 Å². The van der Waals surface area contributed by atoms with Gasteiger partial charge in [0, 0.05) is 30.6 Å². The number of hydrogen-bond acceptors (Lipinski definition) is 4. The summed E-state index contributed by atoms with van der Waals surface area (Å²) >= 11 is 6.25. The van der Waals surface area contributed by atoms with E-state index in [4.69, 9.17) is 11.6 Å². The van der Waals surface area contributed by atoms with Crippen molar-refractivity contribution in [2.24, 2.45) is 14.1 Å². The zero-order valence-electron chi connectivity index (χ0n) is 19.1. The molecule has 172 valence electrons. The van der Waals surface area contributed by atoms with Crippen LogP contribution in [0.2, 0.25) is 5.02 Å². The van der Waals surface area contributed by atoms with Gasteiger partial charge in [0.2, 0.25) is 0 Å². The van der Waals surface area contributed by atoms with Gasteiger partial charge in [0.25, 0.3) is 5.56 Å². The lowest BCUT2D eigenvalue weighted by atomic mass is 9.82. The summed E-state index contributed by atoms with van der Waals surface area (Å²) in [7, 11) is 3.54. The topological polar surface area (TPSA) is 83.8 Å². The number of pyridine rings is 1. The van der Waals surface area contributed by atoms with Gasteiger partial charge in [-0.25, -0.2) is 4.98 Å². The van der Waals surface area contributed by atoms with E-state index in [2.05, 4.69) is 11.1 Å². The van der Waals surface area contributed by atoms with Crippen LogP contribution >= 0.6 is 11.6 Å². The van der Waals surface area contributed by atoms with Gasteiger partial charge in [-0.2, -0.15) is 5.26 Å². The van der Waals surface area contributed by atoms with Crippen LogP contribution in [0.5, 0.6) is 0 Å². The van der Waals surface area contributed by atoms with Gasteiger partial charge in [0.05, 0.1) is 35.4 Å². The minimum absolute atomic E-state index is 0.144. The van der Waals surface area contributed by atoms with Gasteiger partial charge in [-0.15, -0.1) is 0 Å². The molecule has 0 bridgehead atoms. The number of hydrogen-bond donors (Lipinski definition) is 1. The molecule has 0 radical (unpaired) electrons. The fourth-order valence-electron chi connectivity index (χ4n) is 4.54. The molecule has 0 saturated heterocycles. The number of fused-ring (bicyclic) bond motifs is 1. The van der Waals surface area contributed by atoms with E-state index >= 15 is 0 Å². The molecule has 5 rings (SSSR count). The van der Waals surface area contributed by atoms with E-state index in [-0.39, 0.29) is 5.56 Å². The number of nitriles is 1. The molecule has 3 aromatic carbocycles. The summed E-state index contributed by atoms with van der Waals surface area (Å²) in [6.45, 7) is 0. The number of benzene rings is 3. The SMILES string of the molecule is Cn1cncc1C(O)(c1ccc(C#N)cc1)c1ccc2c(c1)c(-c1cccc(Cl)c1)cc(=O)n2C. The molecule has 0 aliphatic carbocycles. The van der Waals surface area contributed by atoms with Crippen molar-refractivity contribution in [2.45, 2.75) is 5.60 Å². The number of rotatable bonds is 4. The van der Waals surface area contributed by atoms with Gasteiger partial charge in [-0.1, -0.05) is 41.9 Å². The minimum atomic E-state index is -1.56. The Bertz CT molecular complexity index is 1680. The van der Waals surface area contributed by atoms with Crippen molar-refractivity contribution in [3.05, 3.63) is 123 Å². The van der Waals surface area contributed by atoms with E-state index in [1.54, 1.807) is 65.1 Å². The van der Waals surface area contributed by atoms with E-state index in [0.29, 0.717) is 27.4 Å². The fourth-order valence-corrected chi connectivity index (χ4v) is 4.73. The first-order valence-electron chi connectivity index (χ1n) is 10.9. The second kappa shape index (κ2) is 8.55. The largest absolute Gasteiger partial charge is 0.374 e. The number of aryl methyl sites for hydroxylation is 2. The molecular weight excluding hydrogens is 460 g/mol. The Morgan fingerprint density at radius 3 is 2.40 bits per heavy atom. The molecule has 0 saturated carbocycles. The van der Waals surface area contributed by atoms with Crippen LogP contribution in [0.1, 0.15) is 22.4 Å². The van der Waals surface area contributed by atoms with Crippen LogP contribution < -0.4 is 5.56 Å². The highest BCUT2D eigenvalue weighted by atomic mass is 35.5. The molecule has 7 heteroatoms. The fraction of sp³-hybridized carbons (Fsp3) is 0.107. The molecule has 6 nitrogen and oxygen atoms in total. The molecule has 1 atom stereocenters. The summed E-state index contributed by atoms with van der Waals surface area (Å²) in [6.07, 6.45) is 3.26. The molecule has 5 aromatic rings. The summed E-state index contributed by atoms with van der Waals surface area (Å²) in [4.78, 5) is 17.0. The molecule has 35 heavy (non-hydrogen) atoms. The highest BCUT2D eigenvalue weighted by Gasteiger charge is 2.37. The molecule has 0 fully saturated rings. The standard InChI is InChI=1S/C28H21ClN4O2/c1-32-17-31-16-26(32)28(35,20-8-6-18(15-30)7-9-20)21-10-11-25-24(13-21)23(14-27(34)33(25)2)19-4-3-5-22(29)12-19/h3-14,16-17,35H,1-2H3. The molecule has 0 spiro atoms. The quantitative estimate of drug-likeness (QED) is 0.402. The zero-order chi connectivity index (χ0) is 24.7. The van der Waals surface area contributed by atoms with Crippen LogP contribution in [-0.2, 0) is 19.7 Å². The van der Waals surface area contributed by atoms with Crippen molar-refractivity contribution in [3.8, 4) is 17.2 Å². The van der Waals surface area contributed by atoms with Crippen LogP contribution in [-0.4, -0.2) is 19.2 Å². The number of nitrogens with zero attached hydrogens (tertiary/aromatic N) is 4. The highest BCUT2D eigenvalue weighted by molar-refractivity contribution is 6.30. The average Bonchev–Trinajstić information content (AvgIpc) is 3.31. The van der Waals surface area contributed by atoms with Gasteiger partial charge >= 0.3 is 0 Å². The third-order valence-electron chi connectivity index (χ3n) is 6.42. The highest BCUT2D eigenvalue weighted by Crippen LogP contribution is 2.39. The van der Waals surface area contributed by atoms with Gasteiger partial charge in [-0.3, -0.25) is 4.79 Å². The van der Waals surface area contributed by atoms with Crippen LogP contribution in [0, 0.1) is 11.3 Å². The second-order valence-electron chi connectivity index (χ2n) is 8.49.